The zero-order valence-electron chi connectivity index (χ0n) is 15.1. The number of methoxy groups -OCH3 is 1. The van der Waals surface area contributed by atoms with Crippen molar-refractivity contribution in [3.8, 4) is 5.75 Å². The van der Waals surface area contributed by atoms with E-state index in [4.69, 9.17) is 4.74 Å². The molecule has 1 atom stereocenters. The molecule has 0 aliphatic carbocycles. The first-order valence-corrected chi connectivity index (χ1v) is 8.87. The Bertz CT molecular complexity index is 827. The molecule has 0 amide bonds. The first-order chi connectivity index (χ1) is 12.6. The molecule has 0 aromatic heterocycles. The van der Waals surface area contributed by atoms with Crippen LogP contribution in [0.3, 0.4) is 0 Å². The lowest BCUT2D eigenvalue weighted by atomic mass is 10.1. The highest BCUT2D eigenvalue weighted by Crippen LogP contribution is 2.26. The molecule has 3 aliphatic rings. The van der Waals surface area contributed by atoms with Gasteiger partial charge in [-0.3, -0.25) is 0 Å². The third-order valence-electron chi connectivity index (χ3n) is 4.93. The molecular formula is C20H23FN4O. The van der Waals surface area contributed by atoms with Crippen molar-refractivity contribution in [2.45, 2.75) is 12.5 Å². The van der Waals surface area contributed by atoms with E-state index in [1.165, 1.54) is 13.2 Å². The minimum absolute atomic E-state index is 0.244. The Balaban J connectivity index is 1.47. The summed E-state index contributed by atoms with van der Waals surface area (Å²) in [6.07, 6.45) is 9.34. The van der Waals surface area contributed by atoms with Crippen LogP contribution in [0.25, 0.3) is 5.70 Å². The molecule has 26 heavy (non-hydrogen) atoms. The number of rotatable bonds is 4. The molecule has 0 spiro atoms. The average molecular weight is 354 g/mol. The third-order valence-corrected chi connectivity index (χ3v) is 4.93. The highest BCUT2D eigenvalue weighted by atomic mass is 19.1. The van der Waals surface area contributed by atoms with Crippen molar-refractivity contribution in [1.29, 1.82) is 0 Å². The summed E-state index contributed by atoms with van der Waals surface area (Å²) in [5.41, 5.74) is 2.65. The van der Waals surface area contributed by atoms with Crippen LogP contribution >= 0.6 is 0 Å². The molecule has 3 aliphatic heterocycles. The van der Waals surface area contributed by atoms with E-state index in [2.05, 4.69) is 39.4 Å². The van der Waals surface area contributed by atoms with Crippen LogP contribution in [0.1, 0.15) is 12.0 Å². The van der Waals surface area contributed by atoms with Crippen LogP contribution in [0.4, 0.5) is 4.39 Å². The Kier molecular flexibility index (Phi) is 4.51. The average Bonchev–Trinajstić information content (AvgIpc) is 3.06. The SMILES string of the molecule is COc1ccc(C2=CCN3C=C(N[C@@H]4CCN(C)C4)C=CC3=N2)cc1F. The number of likely N-dealkylation sites (N-methyl/N-ethyl adjacent to an activating group) is 1. The predicted octanol–water partition coefficient (Wildman–Crippen LogP) is 2.59. The van der Waals surface area contributed by atoms with Gasteiger partial charge >= 0.3 is 0 Å². The van der Waals surface area contributed by atoms with Gasteiger partial charge in [-0.2, -0.15) is 0 Å². The normalized spacial score (nSPS) is 22.5. The van der Waals surface area contributed by atoms with E-state index in [1.54, 1.807) is 6.07 Å². The number of aliphatic imine (C=N–C) groups is 1. The second-order valence-corrected chi connectivity index (χ2v) is 6.87. The van der Waals surface area contributed by atoms with Crippen LogP contribution in [0, 0.1) is 5.82 Å². The van der Waals surface area contributed by atoms with Gasteiger partial charge in [-0.15, -0.1) is 0 Å². The van der Waals surface area contributed by atoms with Gasteiger partial charge in [0.15, 0.2) is 11.6 Å². The maximum atomic E-state index is 14.0. The van der Waals surface area contributed by atoms with Gasteiger partial charge in [0.1, 0.15) is 5.84 Å². The molecule has 1 aromatic rings. The first kappa shape index (κ1) is 16.8. The van der Waals surface area contributed by atoms with E-state index in [0.717, 1.165) is 42.3 Å². The minimum atomic E-state index is -0.374. The summed E-state index contributed by atoms with van der Waals surface area (Å²) in [6, 6.07) is 5.43. The van der Waals surface area contributed by atoms with Gasteiger partial charge < -0.3 is 19.9 Å². The van der Waals surface area contributed by atoms with Crippen molar-refractivity contribution in [2.75, 3.05) is 33.8 Å². The zero-order chi connectivity index (χ0) is 18.1. The van der Waals surface area contributed by atoms with Gasteiger partial charge in [0.25, 0.3) is 0 Å². The van der Waals surface area contributed by atoms with Crippen LogP contribution in [0.2, 0.25) is 0 Å². The van der Waals surface area contributed by atoms with Crippen LogP contribution in [-0.4, -0.2) is 55.5 Å². The highest BCUT2D eigenvalue weighted by Gasteiger charge is 2.22. The van der Waals surface area contributed by atoms with Gasteiger partial charge in [-0.1, -0.05) is 0 Å². The molecule has 0 unspecified atom stereocenters. The predicted molar refractivity (Wildman–Crippen MR) is 101 cm³/mol. The van der Waals surface area contributed by atoms with Crippen molar-refractivity contribution < 1.29 is 9.13 Å². The Morgan fingerprint density at radius 2 is 2.19 bits per heavy atom. The Morgan fingerprint density at radius 1 is 1.31 bits per heavy atom. The number of allylic oxidation sites excluding steroid dienone is 1. The van der Waals surface area contributed by atoms with E-state index < -0.39 is 0 Å². The number of amidine groups is 1. The van der Waals surface area contributed by atoms with Crippen LogP contribution in [0.15, 0.2) is 53.3 Å². The van der Waals surface area contributed by atoms with Gasteiger partial charge in [0.05, 0.1) is 18.5 Å². The number of halogens is 1. The van der Waals surface area contributed by atoms with E-state index in [-0.39, 0.29) is 11.6 Å². The Morgan fingerprint density at radius 3 is 2.92 bits per heavy atom. The maximum Gasteiger partial charge on any atom is 0.165 e. The summed E-state index contributed by atoms with van der Waals surface area (Å²) in [6.45, 7) is 2.91. The highest BCUT2D eigenvalue weighted by molar-refractivity contribution is 6.00. The number of hydrogen-bond acceptors (Lipinski definition) is 5. The fourth-order valence-corrected chi connectivity index (χ4v) is 3.52. The topological polar surface area (TPSA) is 40.1 Å². The summed E-state index contributed by atoms with van der Waals surface area (Å²) < 4.78 is 18.9. The molecule has 136 valence electrons. The summed E-state index contributed by atoms with van der Waals surface area (Å²) in [5.74, 6) is 0.738. The summed E-state index contributed by atoms with van der Waals surface area (Å²) in [4.78, 5) is 9.11. The molecular weight excluding hydrogens is 331 g/mol. The van der Waals surface area contributed by atoms with Gasteiger partial charge in [0.2, 0.25) is 0 Å². The molecule has 1 saturated heterocycles. The number of hydrogen-bond donors (Lipinski definition) is 1. The van der Waals surface area contributed by atoms with Crippen molar-refractivity contribution in [3.05, 3.63) is 59.7 Å². The summed E-state index contributed by atoms with van der Waals surface area (Å²) in [7, 11) is 3.61. The number of benzene rings is 1. The van der Waals surface area contributed by atoms with Crippen LogP contribution in [0.5, 0.6) is 5.75 Å². The molecule has 1 fully saturated rings. The van der Waals surface area contributed by atoms with Crippen molar-refractivity contribution in [2.24, 2.45) is 4.99 Å². The quantitative estimate of drug-likeness (QED) is 0.902. The summed E-state index contributed by atoms with van der Waals surface area (Å²) in [5, 5.41) is 3.60. The number of likely N-dealkylation sites (tertiary alicyclic amines) is 1. The smallest absolute Gasteiger partial charge is 0.165 e. The zero-order valence-corrected chi connectivity index (χ0v) is 15.1. The minimum Gasteiger partial charge on any atom is -0.494 e. The standard InChI is InChI=1S/C20H23FN4O/c1-24-9-7-16(12-24)22-15-4-6-20-23-18(8-10-25(20)13-15)14-3-5-19(26-2)17(21)11-14/h3-6,8,11,13,16,22H,7,9-10,12H2,1-2H3/t16-/m1/s1. The molecule has 0 bridgehead atoms. The Labute approximate surface area is 153 Å². The summed E-state index contributed by atoms with van der Waals surface area (Å²) >= 11 is 0. The van der Waals surface area contributed by atoms with Gasteiger partial charge in [-0.05, 0) is 56.4 Å². The second-order valence-electron chi connectivity index (χ2n) is 6.87. The molecule has 0 radical (unpaired) electrons. The molecule has 1 aromatic carbocycles. The van der Waals surface area contributed by atoms with E-state index in [0.29, 0.717) is 12.6 Å². The molecule has 0 saturated carbocycles. The fourth-order valence-electron chi connectivity index (χ4n) is 3.52. The van der Waals surface area contributed by atoms with E-state index in [1.807, 2.05) is 18.2 Å². The fraction of sp³-hybridized carbons (Fsp3) is 0.350. The van der Waals surface area contributed by atoms with Crippen LogP contribution in [-0.2, 0) is 0 Å². The molecule has 5 nitrogen and oxygen atoms in total. The largest absolute Gasteiger partial charge is 0.494 e. The number of ether oxygens (including phenoxy) is 1. The third kappa shape index (κ3) is 3.37. The van der Waals surface area contributed by atoms with E-state index in [9.17, 15) is 4.39 Å². The molecule has 6 heteroatoms. The lowest BCUT2D eigenvalue weighted by Gasteiger charge is -2.28. The number of nitrogens with zero attached hydrogens (tertiary/aromatic N) is 3. The van der Waals surface area contributed by atoms with Crippen LogP contribution < -0.4 is 10.1 Å². The van der Waals surface area contributed by atoms with Crippen molar-refractivity contribution >= 4 is 11.5 Å². The lowest BCUT2D eigenvalue weighted by molar-refractivity contribution is 0.386. The van der Waals surface area contributed by atoms with Crippen molar-refractivity contribution in [1.82, 2.24) is 15.1 Å². The molecule has 1 N–H and O–H groups in total. The van der Waals surface area contributed by atoms with Crippen molar-refractivity contribution in [3.63, 3.8) is 0 Å². The maximum absolute atomic E-state index is 14.0. The van der Waals surface area contributed by atoms with Gasteiger partial charge in [-0.25, -0.2) is 9.38 Å². The van der Waals surface area contributed by atoms with Gasteiger partial charge in [0, 0.05) is 30.9 Å². The number of nitrogens with one attached hydrogen (secondary N) is 1. The number of fused-ring (bicyclic) bond motifs is 1. The molecule has 3 heterocycles. The monoisotopic (exact) mass is 354 g/mol. The Hall–Kier alpha value is -2.60. The first-order valence-electron chi connectivity index (χ1n) is 8.87. The lowest BCUT2D eigenvalue weighted by Crippen LogP contribution is -2.35. The van der Waals surface area contributed by atoms with E-state index >= 15 is 0 Å². The second kappa shape index (κ2) is 6.96. The molecule has 4 rings (SSSR count).